The number of aromatic nitrogens is 2. The van der Waals surface area contributed by atoms with Gasteiger partial charge < -0.3 is 15.0 Å². The van der Waals surface area contributed by atoms with Crippen LogP contribution in [0.4, 0.5) is 5.82 Å². The fraction of sp³-hybridized carbons (Fsp3) is 0.333. The van der Waals surface area contributed by atoms with Gasteiger partial charge in [-0.3, -0.25) is 0 Å². The van der Waals surface area contributed by atoms with Crippen LogP contribution >= 0.6 is 0 Å². The Kier molecular flexibility index (Phi) is 4.47. The molecule has 2 aromatic carbocycles. The molecule has 0 aliphatic carbocycles. The Morgan fingerprint density at radius 1 is 1.12 bits per heavy atom. The lowest BCUT2D eigenvalue weighted by molar-refractivity contribution is 0.392. The van der Waals surface area contributed by atoms with Crippen molar-refractivity contribution in [2.75, 3.05) is 31.6 Å². The summed E-state index contributed by atoms with van der Waals surface area (Å²) in [7, 11) is 1.72. The minimum absolute atomic E-state index is 0.205. The summed E-state index contributed by atoms with van der Waals surface area (Å²) in [5.41, 5.74) is 4.72. The highest BCUT2D eigenvalue weighted by molar-refractivity contribution is 5.90. The number of hydrogen-bond donors (Lipinski definition) is 1. The molecule has 1 atom stereocenters. The molecule has 1 fully saturated rings. The predicted octanol–water partition coefficient (Wildman–Crippen LogP) is 3.41. The van der Waals surface area contributed by atoms with E-state index in [9.17, 15) is 0 Å². The van der Waals surface area contributed by atoms with Crippen molar-refractivity contribution in [1.82, 2.24) is 15.3 Å². The Morgan fingerprint density at radius 2 is 1.92 bits per heavy atom. The largest absolute Gasteiger partial charge is 0.496 e. The van der Waals surface area contributed by atoms with E-state index < -0.39 is 0 Å². The highest BCUT2D eigenvalue weighted by Crippen LogP contribution is 2.31. The number of ether oxygens (including phenoxy) is 1. The van der Waals surface area contributed by atoms with Gasteiger partial charge in [-0.2, -0.15) is 0 Å². The van der Waals surface area contributed by atoms with Crippen molar-refractivity contribution < 1.29 is 4.74 Å². The molecule has 1 saturated heterocycles. The Balaban J connectivity index is 1.70. The molecule has 5 nitrogen and oxygen atoms in total. The van der Waals surface area contributed by atoms with E-state index in [1.54, 1.807) is 13.4 Å². The van der Waals surface area contributed by atoms with Gasteiger partial charge in [0.15, 0.2) is 0 Å². The lowest BCUT2D eigenvalue weighted by Crippen LogP contribution is -2.46. The molecule has 4 rings (SSSR count). The predicted molar refractivity (Wildman–Crippen MR) is 105 cm³/mol. The molecule has 134 valence electrons. The van der Waals surface area contributed by atoms with Crippen LogP contribution in [-0.4, -0.2) is 36.7 Å². The Morgan fingerprint density at radius 3 is 2.77 bits per heavy atom. The fourth-order valence-corrected chi connectivity index (χ4v) is 3.66. The van der Waals surface area contributed by atoms with Gasteiger partial charge in [-0.1, -0.05) is 18.2 Å². The SMILES string of the molecule is COc1ccccc1C1CN(c2ncnc3cc(C)c(C)cc23)CCN1. The lowest BCUT2D eigenvalue weighted by atomic mass is 10.0. The van der Waals surface area contributed by atoms with E-state index in [4.69, 9.17) is 4.74 Å². The molecule has 1 aliphatic rings. The van der Waals surface area contributed by atoms with Gasteiger partial charge in [-0.15, -0.1) is 0 Å². The molecule has 0 radical (unpaired) electrons. The van der Waals surface area contributed by atoms with Crippen molar-refractivity contribution in [1.29, 1.82) is 0 Å². The lowest BCUT2D eigenvalue weighted by Gasteiger charge is -2.35. The summed E-state index contributed by atoms with van der Waals surface area (Å²) >= 11 is 0. The average molecular weight is 348 g/mol. The number of aryl methyl sites for hydroxylation is 2. The number of anilines is 1. The monoisotopic (exact) mass is 348 g/mol. The number of fused-ring (bicyclic) bond motifs is 1. The number of hydrogen-bond acceptors (Lipinski definition) is 5. The molecule has 0 spiro atoms. The molecule has 3 aromatic rings. The van der Waals surface area contributed by atoms with Crippen LogP contribution in [0, 0.1) is 13.8 Å². The van der Waals surface area contributed by atoms with E-state index in [0.29, 0.717) is 0 Å². The Bertz CT molecular complexity index is 940. The third kappa shape index (κ3) is 2.99. The number of benzene rings is 2. The third-order valence-electron chi connectivity index (χ3n) is 5.22. The van der Waals surface area contributed by atoms with Gasteiger partial charge in [0.2, 0.25) is 0 Å². The maximum Gasteiger partial charge on any atom is 0.139 e. The standard InChI is InChI=1S/C21H24N4O/c1-14-10-17-18(11-15(14)2)23-13-24-21(17)25-9-8-22-19(12-25)16-6-4-5-7-20(16)26-3/h4-7,10-11,13,19,22H,8-9,12H2,1-3H3. The van der Waals surface area contributed by atoms with Gasteiger partial charge in [0.05, 0.1) is 18.7 Å². The van der Waals surface area contributed by atoms with Gasteiger partial charge in [0.25, 0.3) is 0 Å². The summed E-state index contributed by atoms with van der Waals surface area (Å²) in [5, 5.41) is 4.73. The molecule has 1 aliphatic heterocycles. The topological polar surface area (TPSA) is 50.3 Å². The highest BCUT2D eigenvalue weighted by Gasteiger charge is 2.25. The zero-order valence-electron chi connectivity index (χ0n) is 15.5. The normalized spacial score (nSPS) is 17.5. The second kappa shape index (κ2) is 6.92. The van der Waals surface area contributed by atoms with Crippen molar-refractivity contribution in [2.45, 2.75) is 19.9 Å². The maximum atomic E-state index is 5.55. The molecular formula is C21H24N4O. The number of nitrogens with zero attached hydrogens (tertiary/aromatic N) is 3. The number of para-hydroxylation sites is 1. The first-order chi connectivity index (χ1) is 12.7. The summed E-state index contributed by atoms with van der Waals surface area (Å²) in [5.74, 6) is 1.94. The minimum atomic E-state index is 0.205. The number of rotatable bonds is 3. The van der Waals surface area contributed by atoms with Crippen molar-refractivity contribution in [3.63, 3.8) is 0 Å². The third-order valence-corrected chi connectivity index (χ3v) is 5.22. The smallest absolute Gasteiger partial charge is 0.139 e. The highest BCUT2D eigenvalue weighted by atomic mass is 16.5. The van der Waals surface area contributed by atoms with Crippen LogP contribution in [0.2, 0.25) is 0 Å². The summed E-state index contributed by atoms with van der Waals surface area (Å²) in [4.78, 5) is 11.5. The van der Waals surface area contributed by atoms with E-state index in [1.165, 1.54) is 16.7 Å². The van der Waals surface area contributed by atoms with E-state index >= 15 is 0 Å². The van der Waals surface area contributed by atoms with Crippen LogP contribution in [0.3, 0.4) is 0 Å². The Labute approximate surface area is 154 Å². The van der Waals surface area contributed by atoms with E-state index in [-0.39, 0.29) is 6.04 Å². The van der Waals surface area contributed by atoms with E-state index in [2.05, 4.69) is 58.3 Å². The minimum Gasteiger partial charge on any atom is -0.496 e. The first-order valence-corrected chi connectivity index (χ1v) is 9.00. The number of piperazine rings is 1. The quantitative estimate of drug-likeness (QED) is 0.786. The molecule has 2 heterocycles. The average Bonchev–Trinajstić information content (AvgIpc) is 2.68. The second-order valence-electron chi connectivity index (χ2n) is 6.85. The van der Waals surface area contributed by atoms with Crippen molar-refractivity contribution in [2.24, 2.45) is 0 Å². The summed E-state index contributed by atoms with van der Waals surface area (Å²) in [6.45, 7) is 6.93. The fourth-order valence-electron chi connectivity index (χ4n) is 3.66. The number of nitrogens with one attached hydrogen (secondary N) is 1. The number of methoxy groups -OCH3 is 1. The van der Waals surface area contributed by atoms with Crippen LogP contribution in [-0.2, 0) is 0 Å². The van der Waals surface area contributed by atoms with Crippen LogP contribution in [0.5, 0.6) is 5.75 Å². The summed E-state index contributed by atoms with van der Waals surface area (Å²) in [6.07, 6.45) is 1.67. The molecule has 1 unspecified atom stereocenters. The molecule has 1 N–H and O–H groups in total. The van der Waals surface area contributed by atoms with Gasteiger partial charge in [-0.25, -0.2) is 9.97 Å². The zero-order valence-corrected chi connectivity index (χ0v) is 15.5. The van der Waals surface area contributed by atoms with Crippen molar-refractivity contribution in [3.8, 4) is 5.75 Å². The van der Waals surface area contributed by atoms with Crippen LogP contribution in [0.1, 0.15) is 22.7 Å². The molecular weight excluding hydrogens is 324 g/mol. The van der Waals surface area contributed by atoms with E-state index in [0.717, 1.165) is 42.1 Å². The summed E-state index contributed by atoms with van der Waals surface area (Å²) < 4.78 is 5.55. The van der Waals surface area contributed by atoms with Crippen LogP contribution < -0.4 is 15.0 Å². The van der Waals surface area contributed by atoms with Gasteiger partial charge in [0, 0.05) is 30.6 Å². The van der Waals surface area contributed by atoms with Gasteiger partial charge in [-0.05, 0) is 43.2 Å². The van der Waals surface area contributed by atoms with Crippen LogP contribution in [0.25, 0.3) is 10.9 Å². The van der Waals surface area contributed by atoms with E-state index in [1.807, 2.05) is 12.1 Å². The first-order valence-electron chi connectivity index (χ1n) is 9.00. The molecule has 26 heavy (non-hydrogen) atoms. The van der Waals surface area contributed by atoms with Crippen molar-refractivity contribution >= 4 is 16.7 Å². The van der Waals surface area contributed by atoms with Gasteiger partial charge in [0.1, 0.15) is 17.9 Å². The molecule has 0 bridgehead atoms. The summed E-state index contributed by atoms with van der Waals surface area (Å²) in [6, 6.07) is 12.8. The molecule has 1 aromatic heterocycles. The first kappa shape index (κ1) is 16.8. The zero-order chi connectivity index (χ0) is 18.1. The molecule has 5 heteroatoms. The van der Waals surface area contributed by atoms with Gasteiger partial charge >= 0.3 is 0 Å². The Hall–Kier alpha value is -2.66. The van der Waals surface area contributed by atoms with Crippen molar-refractivity contribution in [3.05, 3.63) is 59.4 Å². The maximum absolute atomic E-state index is 5.55. The second-order valence-corrected chi connectivity index (χ2v) is 6.85. The van der Waals surface area contributed by atoms with Crippen LogP contribution in [0.15, 0.2) is 42.7 Å². The molecule has 0 amide bonds. The molecule has 0 saturated carbocycles.